The van der Waals surface area contributed by atoms with Gasteiger partial charge in [0.15, 0.2) is 5.82 Å². The number of aromatic nitrogens is 2. The molecular weight excluding hydrogens is 265 g/mol. The lowest BCUT2D eigenvalue weighted by molar-refractivity contribution is 0.364. The Morgan fingerprint density at radius 2 is 2.11 bits per heavy atom. The molecule has 2 aromatic rings. The molecule has 1 heterocycles. The normalized spacial score (nSPS) is 12.6. The van der Waals surface area contributed by atoms with Crippen molar-refractivity contribution in [1.29, 1.82) is 0 Å². The van der Waals surface area contributed by atoms with Crippen molar-refractivity contribution in [3.05, 3.63) is 41.8 Å². The van der Waals surface area contributed by atoms with E-state index in [0.717, 1.165) is 11.3 Å². The highest BCUT2D eigenvalue weighted by Gasteiger charge is 2.10. The highest BCUT2D eigenvalue weighted by atomic mass is 32.2. The van der Waals surface area contributed by atoms with E-state index in [2.05, 4.69) is 10.1 Å². The van der Waals surface area contributed by atoms with Crippen LogP contribution in [0, 0.1) is 5.82 Å². The van der Waals surface area contributed by atoms with E-state index in [1.54, 1.807) is 12.1 Å². The molecule has 102 valence electrons. The zero-order valence-corrected chi connectivity index (χ0v) is 11.5. The van der Waals surface area contributed by atoms with Gasteiger partial charge in [-0.2, -0.15) is 4.98 Å². The summed E-state index contributed by atoms with van der Waals surface area (Å²) in [5, 5.41) is 3.90. The Bertz CT molecular complexity index is 515. The number of thioether (sulfide) groups is 1. The van der Waals surface area contributed by atoms with E-state index in [1.807, 2.05) is 6.92 Å². The highest BCUT2D eigenvalue weighted by molar-refractivity contribution is 7.98. The SMILES string of the molecule is CCC(N)Cc1nc(CSc2ccc(F)cc2)no1. The second-order valence-electron chi connectivity index (χ2n) is 4.22. The van der Waals surface area contributed by atoms with Gasteiger partial charge in [-0.15, -0.1) is 11.8 Å². The number of hydrogen-bond donors (Lipinski definition) is 1. The van der Waals surface area contributed by atoms with Crippen molar-refractivity contribution in [1.82, 2.24) is 10.1 Å². The number of nitrogens with zero attached hydrogens (tertiary/aromatic N) is 2. The first kappa shape index (κ1) is 14.0. The molecule has 2 N–H and O–H groups in total. The predicted molar refractivity (Wildman–Crippen MR) is 72.2 cm³/mol. The molecule has 0 aliphatic heterocycles. The standard InChI is InChI=1S/C13H16FN3OS/c1-2-10(15)7-13-16-12(17-18-13)8-19-11-5-3-9(14)4-6-11/h3-6,10H,2,7-8,15H2,1H3. The average Bonchev–Trinajstić information content (AvgIpc) is 2.85. The maximum atomic E-state index is 12.7. The van der Waals surface area contributed by atoms with E-state index in [9.17, 15) is 4.39 Å². The molecule has 1 atom stereocenters. The van der Waals surface area contributed by atoms with Crippen LogP contribution in [0.1, 0.15) is 25.1 Å². The molecule has 0 fully saturated rings. The summed E-state index contributed by atoms with van der Waals surface area (Å²) in [7, 11) is 0. The molecule has 19 heavy (non-hydrogen) atoms. The summed E-state index contributed by atoms with van der Waals surface area (Å²) in [4.78, 5) is 5.25. The molecule has 0 bridgehead atoms. The summed E-state index contributed by atoms with van der Waals surface area (Å²) in [6.07, 6.45) is 1.48. The summed E-state index contributed by atoms with van der Waals surface area (Å²) in [5.74, 6) is 1.56. The topological polar surface area (TPSA) is 64.9 Å². The van der Waals surface area contributed by atoms with Crippen LogP contribution >= 0.6 is 11.8 Å². The van der Waals surface area contributed by atoms with Crippen molar-refractivity contribution < 1.29 is 8.91 Å². The van der Waals surface area contributed by atoms with Gasteiger partial charge in [0.2, 0.25) is 5.89 Å². The first-order valence-corrected chi connectivity index (χ1v) is 7.11. The largest absolute Gasteiger partial charge is 0.339 e. The predicted octanol–water partition coefficient (Wildman–Crippen LogP) is 2.78. The average molecular weight is 281 g/mol. The third-order valence-corrected chi connectivity index (χ3v) is 3.66. The van der Waals surface area contributed by atoms with Crippen LogP contribution in [0.5, 0.6) is 0 Å². The third-order valence-electron chi connectivity index (χ3n) is 2.65. The van der Waals surface area contributed by atoms with Gasteiger partial charge in [-0.1, -0.05) is 12.1 Å². The zero-order valence-electron chi connectivity index (χ0n) is 10.7. The monoisotopic (exact) mass is 281 g/mol. The van der Waals surface area contributed by atoms with Gasteiger partial charge >= 0.3 is 0 Å². The van der Waals surface area contributed by atoms with Gasteiger partial charge in [-0.05, 0) is 30.7 Å². The van der Waals surface area contributed by atoms with Crippen molar-refractivity contribution in [3.8, 4) is 0 Å². The first-order chi connectivity index (χ1) is 9.17. The van der Waals surface area contributed by atoms with Crippen molar-refractivity contribution in [2.45, 2.75) is 36.5 Å². The molecule has 0 radical (unpaired) electrons. The number of hydrogen-bond acceptors (Lipinski definition) is 5. The lowest BCUT2D eigenvalue weighted by Crippen LogP contribution is -2.21. The van der Waals surface area contributed by atoms with Crippen molar-refractivity contribution >= 4 is 11.8 Å². The van der Waals surface area contributed by atoms with Crippen LogP contribution in [-0.4, -0.2) is 16.2 Å². The Hall–Kier alpha value is -1.40. The maximum Gasteiger partial charge on any atom is 0.228 e. The van der Waals surface area contributed by atoms with Gasteiger partial charge in [0.25, 0.3) is 0 Å². The van der Waals surface area contributed by atoms with E-state index in [4.69, 9.17) is 10.3 Å². The molecule has 6 heteroatoms. The lowest BCUT2D eigenvalue weighted by Gasteiger charge is -2.02. The molecule has 1 aromatic carbocycles. The Labute approximate surface area is 115 Å². The van der Waals surface area contributed by atoms with Gasteiger partial charge in [0.05, 0.1) is 5.75 Å². The minimum atomic E-state index is -0.236. The van der Waals surface area contributed by atoms with Crippen LogP contribution in [0.2, 0.25) is 0 Å². The molecule has 0 aliphatic carbocycles. The molecule has 0 saturated heterocycles. The number of halogens is 1. The number of benzene rings is 1. The Morgan fingerprint density at radius 1 is 1.37 bits per heavy atom. The minimum Gasteiger partial charge on any atom is -0.339 e. The fraction of sp³-hybridized carbons (Fsp3) is 0.385. The van der Waals surface area contributed by atoms with Gasteiger partial charge in [0.1, 0.15) is 5.82 Å². The maximum absolute atomic E-state index is 12.7. The zero-order chi connectivity index (χ0) is 13.7. The second kappa shape index (κ2) is 6.68. The Balaban J connectivity index is 1.88. The summed E-state index contributed by atoms with van der Waals surface area (Å²) < 4.78 is 17.9. The van der Waals surface area contributed by atoms with Crippen molar-refractivity contribution in [2.75, 3.05) is 0 Å². The first-order valence-electron chi connectivity index (χ1n) is 6.12. The van der Waals surface area contributed by atoms with E-state index in [-0.39, 0.29) is 11.9 Å². The lowest BCUT2D eigenvalue weighted by atomic mass is 10.2. The molecule has 0 amide bonds. The summed E-state index contributed by atoms with van der Waals surface area (Å²) in [6, 6.07) is 6.38. The molecule has 0 saturated carbocycles. The van der Waals surface area contributed by atoms with Crippen molar-refractivity contribution in [2.24, 2.45) is 5.73 Å². The van der Waals surface area contributed by atoms with Crippen LogP contribution in [0.25, 0.3) is 0 Å². The van der Waals surface area contributed by atoms with Crippen LogP contribution in [0.3, 0.4) is 0 Å². The van der Waals surface area contributed by atoms with Gasteiger partial charge in [-0.3, -0.25) is 0 Å². The fourth-order valence-electron chi connectivity index (χ4n) is 1.48. The van der Waals surface area contributed by atoms with Crippen LogP contribution in [-0.2, 0) is 12.2 Å². The number of nitrogens with two attached hydrogens (primary N) is 1. The smallest absolute Gasteiger partial charge is 0.228 e. The summed E-state index contributed by atoms with van der Waals surface area (Å²) in [5.41, 5.74) is 5.82. The van der Waals surface area contributed by atoms with E-state index in [0.29, 0.717) is 23.9 Å². The minimum absolute atomic E-state index is 0.0538. The molecule has 0 aliphatic rings. The molecule has 0 spiro atoms. The fourth-order valence-corrected chi connectivity index (χ4v) is 2.22. The Morgan fingerprint density at radius 3 is 2.79 bits per heavy atom. The molecule has 2 rings (SSSR count). The highest BCUT2D eigenvalue weighted by Crippen LogP contribution is 2.21. The second-order valence-corrected chi connectivity index (χ2v) is 5.27. The number of rotatable bonds is 6. The Kier molecular flexibility index (Phi) is 4.93. The van der Waals surface area contributed by atoms with Gasteiger partial charge in [-0.25, -0.2) is 4.39 Å². The van der Waals surface area contributed by atoms with E-state index >= 15 is 0 Å². The molecule has 1 unspecified atom stereocenters. The van der Waals surface area contributed by atoms with Crippen LogP contribution in [0.15, 0.2) is 33.7 Å². The summed E-state index contributed by atoms with van der Waals surface area (Å²) >= 11 is 1.54. The quantitative estimate of drug-likeness (QED) is 0.825. The summed E-state index contributed by atoms with van der Waals surface area (Å²) in [6.45, 7) is 2.02. The molecular formula is C13H16FN3OS. The van der Waals surface area contributed by atoms with Crippen LogP contribution in [0.4, 0.5) is 4.39 Å². The van der Waals surface area contributed by atoms with Crippen molar-refractivity contribution in [3.63, 3.8) is 0 Å². The van der Waals surface area contributed by atoms with Crippen LogP contribution < -0.4 is 5.73 Å². The van der Waals surface area contributed by atoms with Gasteiger partial charge in [0, 0.05) is 17.4 Å². The van der Waals surface area contributed by atoms with E-state index in [1.165, 1.54) is 23.9 Å². The van der Waals surface area contributed by atoms with Gasteiger partial charge < -0.3 is 10.3 Å². The molecule has 4 nitrogen and oxygen atoms in total. The third kappa shape index (κ3) is 4.33. The van der Waals surface area contributed by atoms with E-state index < -0.39 is 0 Å². The molecule has 1 aromatic heterocycles.